The van der Waals surface area contributed by atoms with E-state index in [9.17, 15) is 4.79 Å². The van der Waals surface area contributed by atoms with Crippen molar-refractivity contribution in [1.82, 2.24) is 15.3 Å². The number of aromatic nitrogens is 2. The van der Waals surface area contributed by atoms with E-state index in [0.29, 0.717) is 30.1 Å². The van der Waals surface area contributed by atoms with Crippen molar-refractivity contribution in [2.45, 2.75) is 45.6 Å². The zero-order valence-electron chi connectivity index (χ0n) is 11.6. The summed E-state index contributed by atoms with van der Waals surface area (Å²) in [5.41, 5.74) is 0.427. The summed E-state index contributed by atoms with van der Waals surface area (Å²) in [5.74, 6) is 0.858. The molecule has 1 aromatic rings. The van der Waals surface area contributed by atoms with E-state index in [1.807, 2.05) is 0 Å². The number of carbonyl (C=O) groups excluding carboxylic acids is 1. The van der Waals surface area contributed by atoms with Crippen molar-refractivity contribution in [3.63, 3.8) is 0 Å². The average molecular weight is 262 g/mol. The van der Waals surface area contributed by atoms with Gasteiger partial charge in [0.15, 0.2) is 0 Å². The quantitative estimate of drug-likeness (QED) is 0.854. The highest BCUT2D eigenvalue weighted by Crippen LogP contribution is 2.20. The predicted octanol–water partition coefficient (Wildman–Crippen LogP) is 2.22. The zero-order chi connectivity index (χ0) is 13.7. The monoisotopic (exact) mass is 262 g/mol. The van der Waals surface area contributed by atoms with Gasteiger partial charge in [0.2, 0.25) is 5.95 Å². The molecule has 5 nitrogen and oxygen atoms in total. The van der Waals surface area contributed by atoms with Crippen LogP contribution in [0, 0.1) is 5.92 Å². The van der Waals surface area contributed by atoms with Crippen LogP contribution in [0.25, 0.3) is 0 Å². The summed E-state index contributed by atoms with van der Waals surface area (Å²) in [6.07, 6.45) is 6.47. The molecule has 1 heterocycles. The molecule has 0 aliphatic heterocycles. The van der Waals surface area contributed by atoms with Gasteiger partial charge in [-0.1, -0.05) is 26.7 Å². The van der Waals surface area contributed by atoms with Crippen LogP contribution in [0.2, 0.25) is 0 Å². The van der Waals surface area contributed by atoms with E-state index >= 15 is 0 Å². The van der Waals surface area contributed by atoms with E-state index in [-0.39, 0.29) is 5.91 Å². The molecule has 1 amide bonds. The smallest absolute Gasteiger partial charge is 0.270 e. The fourth-order valence-electron chi connectivity index (χ4n) is 2.19. The molecule has 1 aromatic heterocycles. The van der Waals surface area contributed by atoms with Crippen LogP contribution in [0.5, 0.6) is 0 Å². The summed E-state index contributed by atoms with van der Waals surface area (Å²) in [6, 6.07) is 2.10. The van der Waals surface area contributed by atoms with Crippen LogP contribution in [0.1, 0.15) is 50.0 Å². The Bertz CT molecular complexity index is 427. The van der Waals surface area contributed by atoms with Crippen LogP contribution < -0.4 is 10.6 Å². The van der Waals surface area contributed by atoms with E-state index in [4.69, 9.17) is 0 Å². The van der Waals surface area contributed by atoms with Gasteiger partial charge in [-0.3, -0.25) is 4.79 Å². The normalized spacial score (nSPS) is 15.7. The molecule has 1 saturated carbocycles. The largest absolute Gasteiger partial charge is 0.351 e. The third kappa shape index (κ3) is 4.19. The number of amides is 1. The third-order valence-corrected chi connectivity index (χ3v) is 3.25. The summed E-state index contributed by atoms with van der Waals surface area (Å²) < 4.78 is 0. The average Bonchev–Trinajstić information content (AvgIpc) is 2.89. The molecule has 0 aromatic carbocycles. The van der Waals surface area contributed by atoms with Gasteiger partial charge in [-0.25, -0.2) is 9.97 Å². The molecule has 1 aliphatic rings. The van der Waals surface area contributed by atoms with Crippen molar-refractivity contribution in [2.75, 3.05) is 11.9 Å². The molecule has 104 valence electrons. The lowest BCUT2D eigenvalue weighted by Crippen LogP contribution is -2.28. The molecule has 5 heteroatoms. The second-order valence-electron chi connectivity index (χ2n) is 5.50. The number of rotatable bonds is 5. The summed E-state index contributed by atoms with van der Waals surface area (Å²) in [6.45, 7) is 4.79. The van der Waals surface area contributed by atoms with Gasteiger partial charge in [-0.15, -0.1) is 0 Å². The van der Waals surface area contributed by atoms with E-state index in [1.165, 1.54) is 12.8 Å². The number of nitrogens with zero attached hydrogens (tertiary/aromatic N) is 2. The summed E-state index contributed by atoms with van der Waals surface area (Å²) in [5, 5.41) is 6.16. The zero-order valence-corrected chi connectivity index (χ0v) is 11.6. The van der Waals surface area contributed by atoms with Crippen molar-refractivity contribution >= 4 is 11.9 Å². The Morgan fingerprint density at radius 2 is 2.16 bits per heavy atom. The number of hydrogen-bond acceptors (Lipinski definition) is 4. The SMILES string of the molecule is CC(C)CNC(=O)c1ccnc(NC2CCCC2)n1. The number of nitrogens with one attached hydrogen (secondary N) is 2. The fourth-order valence-corrected chi connectivity index (χ4v) is 2.19. The van der Waals surface area contributed by atoms with Gasteiger partial charge in [0.25, 0.3) is 5.91 Å². The maximum absolute atomic E-state index is 11.9. The van der Waals surface area contributed by atoms with Crippen molar-refractivity contribution in [3.05, 3.63) is 18.0 Å². The van der Waals surface area contributed by atoms with E-state index in [2.05, 4.69) is 34.4 Å². The van der Waals surface area contributed by atoms with Crippen molar-refractivity contribution in [2.24, 2.45) is 5.92 Å². The molecule has 1 aliphatic carbocycles. The van der Waals surface area contributed by atoms with Gasteiger partial charge in [0.1, 0.15) is 5.69 Å². The highest BCUT2D eigenvalue weighted by Gasteiger charge is 2.16. The first-order valence-corrected chi connectivity index (χ1v) is 7.03. The maximum Gasteiger partial charge on any atom is 0.270 e. The summed E-state index contributed by atoms with van der Waals surface area (Å²) in [4.78, 5) is 20.4. The third-order valence-electron chi connectivity index (χ3n) is 3.25. The van der Waals surface area contributed by atoms with Crippen molar-refractivity contribution in [1.29, 1.82) is 0 Å². The fraction of sp³-hybridized carbons (Fsp3) is 0.643. The lowest BCUT2D eigenvalue weighted by atomic mass is 10.2. The molecule has 1 fully saturated rings. The molecule has 0 spiro atoms. The van der Waals surface area contributed by atoms with Crippen LogP contribution in [0.15, 0.2) is 12.3 Å². The number of carbonyl (C=O) groups is 1. The Morgan fingerprint density at radius 1 is 1.42 bits per heavy atom. The minimum absolute atomic E-state index is 0.134. The van der Waals surface area contributed by atoms with Gasteiger partial charge in [0.05, 0.1) is 0 Å². The first-order valence-electron chi connectivity index (χ1n) is 7.03. The molecule has 0 radical (unpaired) electrons. The molecule has 2 rings (SSSR count). The van der Waals surface area contributed by atoms with Crippen molar-refractivity contribution in [3.8, 4) is 0 Å². The minimum Gasteiger partial charge on any atom is -0.351 e. The maximum atomic E-state index is 11.9. The number of anilines is 1. The highest BCUT2D eigenvalue weighted by molar-refractivity contribution is 5.92. The predicted molar refractivity (Wildman–Crippen MR) is 75.1 cm³/mol. The molecular formula is C14H22N4O. The topological polar surface area (TPSA) is 66.9 Å². The van der Waals surface area contributed by atoms with Crippen LogP contribution in [-0.2, 0) is 0 Å². The van der Waals surface area contributed by atoms with Crippen LogP contribution >= 0.6 is 0 Å². The second kappa shape index (κ2) is 6.50. The molecule has 19 heavy (non-hydrogen) atoms. The molecule has 0 bridgehead atoms. The lowest BCUT2D eigenvalue weighted by Gasteiger charge is -2.12. The Labute approximate surface area is 114 Å². The van der Waals surface area contributed by atoms with Gasteiger partial charge >= 0.3 is 0 Å². The summed E-state index contributed by atoms with van der Waals surface area (Å²) in [7, 11) is 0. The Balaban J connectivity index is 1.95. The molecule has 0 unspecified atom stereocenters. The Kier molecular flexibility index (Phi) is 4.71. The first-order chi connectivity index (χ1) is 9.15. The van der Waals surface area contributed by atoms with Gasteiger partial charge in [-0.2, -0.15) is 0 Å². The van der Waals surface area contributed by atoms with E-state index < -0.39 is 0 Å². The standard InChI is InChI=1S/C14H22N4O/c1-10(2)9-16-13(19)12-7-8-15-14(18-12)17-11-5-3-4-6-11/h7-8,10-11H,3-6,9H2,1-2H3,(H,16,19)(H,15,17,18). The molecule has 2 N–H and O–H groups in total. The van der Waals surface area contributed by atoms with E-state index in [0.717, 1.165) is 12.8 Å². The highest BCUT2D eigenvalue weighted by atomic mass is 16.1. The number of hydrogen-bond donors (Lipinski definition) is 2. The van der Waals surface area contributed by atoms with Crippen molar-refractivity contribution < 1.29 is 4.79 Å². The second-order valence-corrected chi connectivity index (χ2v) is 5.50. The van der Waals surface area contributed by atoms with E-state index in [1.54, 1.807) is 12.3 Å². The minimum atomic E-state index is -0.134. The lowest BCUT2D eigenvalue weighted by molar-refractivity contribution is 0.0944. The molecular weight excluding hydrogens is 240 g/mol. The first kappa shape index (κ1) is 13.8. The molecule has 0 atom stereocenters. The summed E-state index contributed by atoms with van der Waals surface area (Å²) >= 11 is 0. The molecule has 0 saturated heterocycles. The van der Waals surface area contributed by atoms with Crippen LogP contribution in [0.3, 0.4) is 0 Å². The Morgan fingerprint density at radius 3 is 2.84 bits per heavy atom. The van der Waals surface area contributed by atoms with Crippen LogP contribution in [-0.4, -0.2) is 28.5 Å². The van der Waals surface area contributed by atoms with Crippen LogP contribution in [0.4, 0.5) is 5.95 Å². The Hall–Kier alpha value is -1.65. The van der Waals surface area contributed by atoms with Gasteiger partial charge < -0.3 is 10.6 Å². The van der Waals surface area contributed by atoms with Gasteiger partial charge in [-0.05, 0) is 24.8 Å². The van der Waals surface area contributed by atoms with Gasteiger partial charge in [0, 0.05) is 18.8 Å².